The fraction of sp³-hybridized carbons (Fsp3) is 0.833. The van der Waals surface area contributed by atoms with Crippen molar-refractivity contribution in [1.29, 1.82) is 0 Å². The lowest BCUT2D eigenvalue weighted by molar-refractivity contribution is 0.222. The summed E-state index contributed by atoms with van der Waals surface area (Å²) < 4.78 is 2.12. The van der Waals surface area contributed by atoms with Crippen LogP contribution in [0.3, 0.4) is 0 Å². The molecule has 2 rings (SSSR count). The third-order valence-corrected chi connectivity index (χ3v) is 5.00. The predicted octanol–water partition coefficient (Wildman–Crippen LogP) is 4.20. The van der Waals surface area contributed by atoms with Crippen LogP contribution in [-0.4, -0.2) is 22.4 Å². The zero-order valence-corrected chi connectivity index (χ0v) is 14.3. The van der Waals surface area contributed by atoms with E-state index in [9.17, 15) is 0 Å². The molecule has 3 unspecified atom stereocenters. The van der Waals surface area contributed by atoms with Crippen LogP contribution in [-0.2, 0) is 6.54 Å². The van der Waals surface area contributed by atoms with Gasteiger partial charge in [-0.1, -0.05) is 40.5 Å². The van der Waals surface area contributed by atoms with Crippen molar-refractivity contribution in [3.8, 4) is 0 Å². The topological polar surface area (TPSA) is 29.9 Å². The highest BCUT2D eigenvalue weighted by molar-refractivity contribution is 5.14. The van der Waals surface area contributed by atoms with E-state index in [2.05, 4.69) is 55.2 Å². The summed E-state index contributed by atoms with van der Waals surface area (Å²) in [6.45, 7) is 11.2. The molecule has 3 atom stereocenters. The minimum Gasteiger partial charge on any atom is -0.314 e. The number of nitrogens with one attached hydrogen (secondary N) is 1. The Kier molecular flexibility index (Phi) is 6.28. The van der Waals surface area contributed by atoms with Gasteiger partial charge in [-0.3, -0.25) is 4.68 Å². The molecule has 0 saturated heterocycles. The van der Waals surface area contributed by atoms with Crippen LogP contribution in [0.4, 0.5) is 0 Å². The van der Waals surface area contributed by atoms with E-state index in [1.165, 1.54) is 31.2 Å². The number of hydrogen-bond acceptors (Lipinski definition) is 2. The maximum absolute atomic E-state index is 4.56. The molecule has 0 spiro atoms. The minimum absolute atomic E-state index is 0.581. The van der Waals surface area contributed by atoms with Gasteiger partial charge >= 0.3 is 0 Å². The van der Waals surface area contributed by atoms with Crippen molar-refractivity contribution < 1.29 is 0 Å². The van der Waals surface area contributed by atoms with Crippen molar-refractivity contribution in [1.82, 2.24) is 15.1 Å². The van der Waals surface area contributed by atoms with Gasteiger partial charge in [-0.05, 0) is 49.1 Å². The Morgan fingerprint density at radius 1 is 1.33 bits per heavy atom. The molecule has 1 aromatic rings. The van der Waals surface area contributed by atoms with Crippen LogP contribution in [0.5, 0.6) is 0 Å². The standard InChI is InChI=1S/C18H33N3/c1-5-9-21-13-17(12-20-21)18-10-15(6-2)7-8-16(18)11-19-14(3)4/h12-16,18-19H,5-11H2,1-4H3. The SMILES string of the molecule is CCCn1cc(C2CC(CC)CCC2CNC(C)C)cn1. The van der Waals surface area contributed by atoms with Crippen LogP contribution >= 0.6 is 0 Å². The van der Waals surface area contributed by atoms with Gasteiger partial charge in [0.25, 0.3) is 0 Å². The minimum atomic E-state index is 0.581. The summed E-state index contributed by atoms with van der Waals surface area (Å²) in [6, 6.07) is 0.581. The lowest BCUT2D eigenvalue weighted by Crippen LogP contribution is -2.35. The van der Waals surface area contributed by atoms with Gasteiger partial charge < -0.3 is 5.32 Å². The lowest BCUT2D eigenvalue weighted by atomic mass is 9.71. The normalized spacial score (nSPS) is 26.4. The first-order chi connectivity index (χ1) is 10.1. The van der Waals surface area contributed by atoms with Gasteiger partial charge in [0.05, 0.1) is 6.20 Å². The predicted molar refractivity (Wildman–Crippen MR) is 89.5 cm³/mol. The Labute approximate surface area is 130 Å². The summed E-state index contributed by atoms with van der Waals surface area (Å²) in [6.07, 6.45) is 11.0. The Morgan fingerprint density at radius 2 is 2.14 bits per heavy atom. The van der Waals surface area contributed by atoms with E-state index in [-0.39, 0.29) is 0 Å². The van der Waals surface area contributed by atoms with E-state index in [0.717, 1.165) is 31.3 Å². The first kappa shape index (κ1) is 16.5. The molecule has 0 amide bonds. The summed E-state index contributed by atoms with van der Waals surface area (Å²) in [5, 5.41) is 8.21. The largest absolute Gasteiger partial charge is 0.314 e. The third kappa shape index (κ3) is 4.57. The first-order valence-electron chi connectivity index (χ1n) is 8.89. The summed E-state index contributed by atoms with van der Waals surface area (Å²) in [7, 11) is 0. The number of aryl methyl sites for hydroxylation is 1. The molecule has 1 aliphatic rings. The van der Waals surface area contributed by atoms with E-state index in [4.69, 9.17) is 0 Å². The van der Waals surface area contributed by atoms with E-state index in [1.807, 2.05) is 0 Å². The van der Waals surface area contributed by atoms with Crippen molar-refractivity contribution in [2.24, 2.45) is 11.8 Å². The van der Waals surface area contributed by atoms with Gasteiger partial charge in [-0.25, -0.2) is 0 Å². The number of nitrogens with zero attached hydrogens (tertiary/aromatic N) is 2. The average Bonchev–Trinajstić information content (AvgIpc) is 2.93. The van der Waals surface area contributed by atoms with Crippen molar-refractivity contribution in [3.05, 3.63) is 18.0 Å². The van der Waals surface area contributed by atoms with Crippen molar-refractivity contribution in [2.75, 3.05) is 6.54 Å². The second-order valence-corrected chi connectivity index (χ2v) is 7.05. The molecular weight excluding hydrogens is 258 g/mol. The maximum atomic E-state index is 4.56. The van der Waals surface area contributed by atoms with Crippen LogP contribution in [0.1, 0.15) is 71.3 Å². The zero-order valence-electron chi connectivity index (χ0n) is 14.3. The summed E-state index contributed by atoms with van der Waals surface area (Å²) in [4.78, 5) is 0. The Hall–Kier alpha value is -0.830. The summed E-state index contributed by atoms with van der Waals surface area (Å²) in [5.41, 5.74) is 1.47. The highest BCUT2D eigenvalue weighted by atomic mass is 15.3. The van der Waals surface area contributed by atoms with Gasteiger partial charge in [0.1, 0.15) is 0 Å². The molecule has 1 heterocycles. The Bertz CT molecular complexity index is 410. The van der Waals surface area contributed by atoms with Crippen LogP contribution in [0.2, 0.25) is 0 Å². The van der Waals surface area contributed by atoms with Crippen molar-refractivity contribution in [3.63, 3.8) is 0 Å². The zero-order chi connectivity index (χ0) is 15.2. The lowest BCUT2D eigenvalue weighted by Gasteiger charge is -2.36. The van der Waals surface area contributed by atoms with Crippen molar-refractivity contribution in [2.45, 2.75) is 78.3 Å². The molecule has 0 aliphatic heterocycles. The monoisotopic (exact) mass is 291 g/mol. The van der Waals surface area contributed by atoms with Crippen LogP contribution in [0, 0.1) is 11.8 Å². The van der Waals surface area contributed by atoms with Crippen LogP contribution < -0.4 is 5.32 Å². The highest BCUT2D eigenvalue weighted by Crippen LogP contribution is 2.41. The van der Waals surface area contributed by atoms with E-state index >= 15 is 0 Å². The van der Waals surface area contributed by atoms with Crippen molar-refractivity contribution >= 4 is 0 Å². The number of aromatic nitrogens is 2. The molecule has 0 bridgehead atoms. The van der Waals surface area contributed by atoms with Gasteiger partial charge in [0.15, 0.2) is 0 Å². The van der Waals surface area contributed by atoms with E-state index < -0.39 is 0 Å². The number of rotatable bonds is 7. The second-order valence-electron chi connectivity index (χ2n) is 7.05. The molecule has 21 heavy (non-hydrogen) atoms. The van der Waals surface area contributed by atoms with E-state index in [0.29, 0.717) is 12.0 Å². The molecule has 1 N–H and O–H groups in total. The molecule has 3 nitrogen and oxygen atoms in total. The number of hydrogen-bond donors (Lipinski definition) is 1. The molecule has 1 aromatic heterocycles. The maximum Gasteiger partial charge on any atom is 0.0524 e. The quantitative estimate of drug-likeness (QED) is 0.816. The Balaban J connectivity index is 2.07. The second kappa shape index (κ2) is 7.98. The van der Waals surface area contributed by atoms with Crippen LogP contribution in [0.15, 0.2) is 12.4 Å². The molecule has 0 radical (unpaired) electrons. The summed E-state index contributed by atoms with van der Waals surface area (Å²) in [5.74, 6) is 2.37. The van der Waals surface area contributed by atoms with Gasteiger partial charge in [0, 0.05) is 18.8 Å². The fourth-order valence-electron chi connectivity index (χ4n) is 3.65. The molecular formula is C18H33N3. The smallest absolute Gasteiger partial charge is 0.0524 e. The molecule has 0 aromatic carbocycles. The van der Waals surface area contributed by atoms with Crippen LogP contribution in [0.25, 0.3) is 0 Å². The van der Waals surface area contributed by atoms with Gasteiger partial charge in [0.2, 0.25) is 0 Å². The first-order valence-corrected chi connectivity index (χ1v) is 8.89. The molecule has 1 fully saturated rings. The van der Waals surface area contributed by atoms with Gasteiger partial charge in [-0.15, -0.1) is 0 Å². The van der Waals surface area contributed by atoms with Gasteiger partial charge in [-0.2, -0.15) is 5.10 Å². The average molecular weight is 291 g/mol. The Morgan fingerprint density at radius 3 is 2.81 bits per heavy atom. The highest BCUT2D eigenvalue weighted by Gasteiger charge is 2.31. The molecule has 3 heteroatoms. The van der Waals surface area contributed by atoms with E-state index in [1.54, 1.807) is 0 Å². The molecule has 120 valence electrons. The third-order valence-electron chi connectivity index (χ3n) is 5.00. The summed E-state index contributed by atoms with van der Waals surface area (Å²) >= 11 is 0. The fourth-order valence-corrected chi connectivity index (χ4v) is 3.65. The molecule has 1 saturated carbocycles. The molecule has 1 aliphatic carbocycles.